The number of amides is 1. The first-order valence-corrected chi connectivity index (χ1v) is 9.46. The van der Waals surface area contributed by atoms with Crippen LogP contribution in [-0.2, 0) is 0 Å². The maximum Gasteiger partial charge on any atom is 0.271 e. The molecule has 1 aromatic carbocycles. The maximum absolute atomic E-state index is 12.2. The Balaban J connectivity index is 1.50. The first-order valence-electron chi connectivity index (χ1n) is 9.46. The number of anilines is 3. The summed E-state index contributed by atoms with van der Waals surface area (Å²) in [6, 6.07) is 11.5. The Morgan fingerprint density at radius 2 is 1.89 bits per heavy atom. The summed E-state index contributed by atoms with van der Waals surface area (Å²) in [6.07, 6.45) is 8.10. The fourth-order valence-electron chi connectivity index (χ4n) is 3.07. The third kappa shape index (κ3) is 5.54. The number of hydrogen-bond donors (Lipinski definition) is 2. The molecule has 0 spiro atoms. The largest absolute Gasteiger partial charge is 0.378 e. The van der Waals surface area contributed by atoms with Crippen LogP contribution in [0.25, 0.3) is 0 Å². The summed E-state index contributed by atoms with van der Waals surface area (Å²) in [5.41, 5.74) is 3.84. The van der Waals surface area contributed by atoms with E-state index in [2.05, 4.69) is 26.9 Å². The molecule has 0 saturated carbocycles. The van der Waals surface area contributed by atoms with Gasteiger partial charge < -0.3 is 15.5 Å². The van der Waals surface area contributed by atoms with Crippen molar-refractivity contribution in [3.63, 3.8) is 0 Å². The lowest BCUT2D eigenvalue weighted by atomic mass is 9.97. The van der Waals surface area contributed by atoms with Crippen LogP contribution in [0.2, 0.25) is 0 Å². The Morgan fingerprint density at radius 1 is 1.07 bits per heavy atom. The smallest absolute Gasteiger partial charge is 0.271 e. The van der Waals surface area contributed by atoms with Gasteiger partial charge in [-0.3, -0.25) is 4.79 Å². The first-order chi connectivity index (χ1) is 13.1. The molecule has 2 N–H and O–H groups in total. The highest BCUT2D eigenvalue weighted by Gasteiger charge is 2.09. The molecule has 0 radical (unpaired) electrons. The molecule has 0 atom stereocenters. The van der Waals surface area contributed by atoms with E-state index in [9.17, 15) is 4.79 Å². The van der Waals surface area contributed by atoms with Crippen LogP contribution in [0.15, 0.2) is 48.0 Å². The van der Waals surface area contributed by atoms with Gasteiger partial charge in [-0.2, -0.15) is 0 Å². The second-order valence-corrected chi connectivity index (χ2v) is 6.98. The average Bonchev–Trinajstić information content (AvgIpc) is 2.70. The molecule has 142 valence electrons. The van der Waals surface area contributed by atoms with Crippen LogP contribution in [0.4, 0.5) is 17.2 Å². The van der Waals surface area contributed by atoms with Crippen molar-refractivity contribution < 1.29 is 4.79 Å². The lowest BCUT2D eigenvalue weighted by Crippen LogP contribution is -2.26. The highest BCUT2D eigenvalue weighted by atomic mass is 16.1. The van der Waals surface area contributed by atoms with Gasteiger partial charge in [-0.05, 0) is 68.5 Å². The van der Waals surface area contributed by atoms with E-state index in [-0.39, 0.29) is 5.91 Å². The highest BCUT2D eigenvalue weighted by Crippen LogP contribution is 2.20. The average molecular weight is 365 g/mol. The van der Waals surface area contributed by atoms with Gasteiger partial charge in [0.1, 0.15) is 0 Å². The van der Waals surface area contributed by atoms with Gasteiger partial charge in [-0.15, -0.1) is 10.2 Å². The number of carbonyl (C=O) groups is 1. The molecule has 0 bridgehead atoms. The van der Waals surface area contributed by atoms with Crippen LogP contribution >= 0.6 is 0 Å². The van der Waals surface area contributed by atoms with Gasteiger partial charge in [0, 0.05) is 32.0 Å². The quantitative estimate of drug-likeness (QED) is 0.728. The molecule has 1 aliphatic rings. The third-order valence-corrected chi connectivity index (χ3v) is 4.67. The normalized spacial score (nSPS) is 13.6. The number of allylic oxidation sites excluding steroid dienone is 1. The highest BCUT2D eigenvalue weighted by molar-refractivity contribution is 5.92. The van der Waals surface area contributed by atoms with Gasteiger partial charge in [-0.1, -0.05) is 11.6 Å². The Morgan fingerprint density at radius 3 is 2.52 bits per heavy atom. The van der Waals surface area contributed by atoms with Crippen molar-refractivity contribution in [2.45, 2.75) is 32.1 Å². The van der Waals surface area contributed by atoms with Gasteiger partial charge in [-0.25, -0.2) is 0 Å². The second-order valence-electron chi connectivity index (χ2n) is 6.98. The van der Waals surface area contributed by atoms with E-state index in [1.165, 1.54) is 24.8 Å². The molecule has 2 aromatic rings. The van der Waals surface area contributed by atoms with Gasteiger partial charge in [0.05, 0.1) is 0 Å². The van der Waals surface area contributed by atoms with E-state index in [1.54, 1.807) is 12.1 Å². The molecular weight excluding hydrogens is 338 g/mol. The van der Waals surface area contributed by atoms with E-state index in [4.69, 9.17) is 0 Å². The monoisotopic (exact) mass is 365 g/mol. The topological polar surface area (TPSA) is 70.2 Å². The van der Waals surface area contributed by atoms with Crippen molar-refractivity contribution >= 4 is 23.1 Å². The van der Waals surface area contributed by atoms with Crippen molar-refractivity contribution in [2.24, 2.45) is 0 Å². The molecule has 0 fully saturated rings. The summed E-state index contributed by atoms with van der Waals surface area (Å²) < 4.78 is 0. The molecule has 0 saturated heterocycles. The SMILES string of the molecule is CN(C)c1ccc(Nc2ccc(C(=O)NCCC3=CCCCC3)nn2)cc1. The number of benzene rings is 1. The first kappa shape index (κ1) is 18.9. The molecule has 3 rings (SSSR count). The summed E-state index contributed by atoms with van der Waals surface area (Å²) in [5.74, 6) is 0.428. The lowest BCUT2D eigenvalue weighted by Gasteiger charge is -2.13. The fourth-order valence-corrected chi connectivity index (χ4v) is 3.07. The van der Waals surface area contributed by atoms with Crippen LogP contribution in [0.3, 0.4) is 0 Å². The zero-order valence-corrected chi connectivity index (χ0v) is 16.0. The Kier molecular flexibility index (Phi) is 6.41. The van der Waals surface area contributed by atoms with Crippen LogP contribution in [0.5, 0.6) is 0 Å². The fraction of sp³-hybridized carbons (Fsp3) is 0.381. The van der Waals surface area contributed by atoms with Crippen LogP contribution in [0, 0.1) is 0 Å². The minimum absolute atomic E-state index is 0.180. The number of hydrogen-bond acceptors (Lipinski definition) is 5. The summed E-state index contributed by atoms with van der Waals surface area (Å²) in [5, 5.41) is 14.3. The Labute approximate surface area is 160 Å². The Hall–Kier alpha value is -2.89. The summed E-state index contributed by atoms with van der Waals surface area (Å²) >= 11 is 0. The number of carbonyl (C=O) groups excluding carboxylic acids is 1. The van der Waals surface area contributed by atoms with Crippen molar-refractivity contribution in [3.8, 4) is 0 Å². The third-order valence-electron chi connectivity index (χ3n) is 4.67. The minimum Gasteiger partial charge on any atom is -0.378 e. The number of aromatic nitrogens is 2. The molecule has 27 heavy (non-hydrogen) atoms. The molecule has 0 unspecified atom stereocenters. The molecule has 1 amide bonds. The Bertz CT molecular complexity index is 781. The van der Waals surface area contributed by atoms with Crippen molar-refractivity contribution in [2.75, 3.05) is 30.9 Å². The van der Waals surface area contributed by atoms with E-state index in [1.807, 2.05) is 43.3 Å². The zero-order valence-electron chi connectivity index (χ0n) is 16.0. The van der Waals surface area contributed by atoms with Gasteiger partial charge in [0.15, 0.2) is 11.5 Å². The number of nitrogens with zero attached hydrogens (tertiary/aromatic N) is 3. The standard InChI is InChI=1S/C21H27N5O/c1-26(2)18-10-8-17(9-11-18)23-20-13-12-19(24-25-20)21(27)22-15-14-16-6-4-3-5-7-16/h6,8-13H,3-5,7,14-15H2,1-2H3,(H,22,27)(H,23,25). The van der Waals surface area contributed by atoms with Gasteiger partial charge >= 0.3 is 0 Å². The maximum atomic E-state index is 12.2. The molecule has 1 aliphatic carbocycles. The molecule has 0 aliphatic heterocycles. The molecule has 6 heteroatoms. The summed E-state index contributed by atoms with van der Waals surface area (Å²) in [6.45, 7) is 0.643. The molecule has 6 nitrogen and oxygen atoms in total. The van der Waals surface area contributed by atoms with E-state index in [0.29, 0.717) is 18.1 Å². The van der Waals surface area contributed by atoms with Crippen molar-refractivity contribution in [1.82, 2.24) is 15.5 Å². The molecular formula is C21H27N5O. The van der Waals surface area contributed by atoms with Gasteiger partial charge in [0.2, 0.25) is 0 Å². The lowest BCUT2D eigenvalue weighted by molar-refractivity contribution is 0.0948. The van der Waals surface area contributed by atoms with Crippen molar-refractivity contribution in [3.05, 3.63) is 53.7 Å². The van der Waals surface area contributed by atoms with E-state index in [0.717, 1.165) is 24.2 Å². The molecule has 1 aromatic heterocycles. The zero-order chi connectivity index (χ0) is 19.1. The predicted octanol–water partition coefficient (Wildman–Crippen LogP) is 3.91. The summed E-state index contributed by atoms with van der Waals surface area (Å²) in [4.78, 5) is 14.2. The number of rotatable bonds is 7. The van der Waals surface area contributed by atoms with Crippen LogP contribution in [0.1, 0.15) is 42.6 Å². The predicted molar refractivity (Wildman–Crippen MR) is 110 cm³/mol. The van der Waals surface area contributed by atoms with Crippen LogP contribution < -0.4 is 15.5 Å². The second kappa shape index (κ2) is 9.16. The summed E-state index contributed by atoms with van der Waals surface area (Å²) in [7, 11) is 4.01. The minimum atomic E-state index is -0.180. The van der Waals surface area contributed by atoms with Crippen molar-refractivity contribution in [1.29, 1.82) is 0 Å². The van der Waals surface area contributed by atoms with Crippen LogP contribution in [-0.4, -0.2) is 36.7 Å². The molecule has 1 heterocycles. The van der Waals surface area contributed by atoms with E-state index < -0.39 is 0 Å². The van der Waals surface area contributed by atoms with E-state index >= 15 is 0 Å². The number of nitrogens with one attached hydrogen (secondary N) is 2. The van der Waals surface area contributed by atoms with Gasteiger partial charge in [0.25, 0.3) is 5.91 Å².